The smallest absolute Gasteiger partial charge is 0.270 e. The predicted octanol–water partition coefficient (Wildman–Crippen LogP) is 3.51. The van der Waals surface area contributed by atoms with Crippen molar-refractivity contribution in [3.8, 4) is 6.07 Å². The number of nitriles is 1. The fourth-order valence-electron chi connectivity index (χ4n) is 4.44. The number of likely N-dealkylation sites (N-methyl/N-ethyl adjacent to an activating group) is 1. The zero-order valence-corrected chi connectivity index (χ0v) is 22.1. The van der Waals surface area contributed by atoms with Gasteiger partial charge in [0, 0.05) is 38.3 Å². The lowest BCUT2D eigenvalue weighted by atomic mass is 10.0. The van der Waals surface area contributed by atoms with E-state index in [2.05, 4.69) is 22.9 Å². The average Bonchev–Trinajstić information content (AvgIpc) is 3.10. The number of nitrogens with zero attached hydrogens (tertiary/aromatic N) is 5. The van der Waals surface area contributed by atoms with Crippen LogP contribution in [0.5, 0.6) is 0 Å². The Bertz CT molecular complexity index is 1300. The summed E-state index contributed by atoms with van der Waals surface area (Å²) >= 11 is 6.83. The first-order valence-electron chi connectivity index (χ1n) is 11.7. The third kappa shape index (κ3) is 4.92. The minimum Gasteiger partial charge on any atom is -0.355 e. The highest BCUT2D eigenvalue weighted by Crippen LogP contribution is 2.36. The van der Waals surface area contributed by atoms with E-state index in [4.69, 9.17) is 12.2 Å². The second-order valence-electron chi connectivity index (χ2n) is 8.94. The van der Waals surface area contributed by atoms with Gasteiger partial charge < -0.3 is 9.80 Å². The van der Waals surface area contributed by atoms with Crippen LogP contribution < -0.4 is 10.5 Å². The number of amides is 1. The maximum Gasteiger partial charge on any atom is 0.270 e. The van der Waals surface area contributed by atoms with Crippen molar-refractivity contribution in [3.05, 3.63) is 67.3 Å². The van der Waals surface area contributed by atoms with Crippen molar-refractivity contribution in [2.75, 3.05) is 38.1 Å². The van der Waals surface area contributed by atoms with Crippen LogP contribution >= 0.6 is 24.0 Å². The number of piperazine rings is 1. The molecule has 2 saturated heterocycles. The second-order valence-corrected chi connectivity index (χ2v) is 10.6. The summed E-state index contributed by atoms with van der Waals surface area (Å²) in [6.45, 7) is 9.82. The van der Waals surface area contributed by atoms with Gasteiger partial charge >= 0.3 is 0 Å². The number of thiocarbonyl (C=S) groups is 1. The lowest BCUT2D eigenvalue weighted by molar-refractivity contribution is -0.122. The Morgan fingerprint density at radius 1 is 1.11 bits per heavy atom. The normalized spacial score (nSPS) is 18.0. The Morgan fingerprint density at radius 2 is 1.77 bits per heavy atom. The Balaban J connectivity index is 1.78. The van der Waals surface area contributed by atoms with E-state index in [1.807, 2.05) is 44.2 Å². The molecule has 35 heavy (non-hydrogen) atoms. The van der Waals surface area contributed by atoms with Gasteiger partial charge in [-0.1, -0.05) is 53.8 Å². The molecule has 4 rings (SSSR count). The summed E-state index contributed by atoms with van der Waals surface area (Å²) in [5.74, 6) is 0.614. The number of thioether (sulfide) groups is 1. The zero-order chi connectivity index (χ0) is 25.3. The summed E-state index contributed by atoms with van der Waals surface area (Å²) in [5, 5.41) is 9.75. The first-order chi connectivity index (χ1) is 16.7. The molecule has 1 aromatic carbocycles. The molecule has 0 bridgehead atoms. The quantitative estimate of drug-likeness (QED) is 0.453. The van der Waals surface area contributed by atoms with E-state index in [1.165, 1.54) is 11.8 Å². The molecule has 2 fully saturated rings. The molecule has 9 heteroatoms. The molecule has 0 radical (unpaired) electrons. The Hall–Kier alpha value is -2.93. The van der Waals surface area contributed by atoms with Gasteiger partial charge in [0.05, 0.1) is 11.4 Å². The summed E-state index contributed by atoms with van der Waals surface area (Å²) in [5.41, 5.74) is 3.33. The van der Waals surface area contributed by atoms with E-state index in [0.717, 1.165) is 48.7 Å². The first kappa shape index (κ1) is 25.2. The minimum atomic E-state index is -0.287. The molecule has 0 unspecified atom stereocenters. The van der Waals surface area contributed by atoms with E-state index in [1.54, 1.807) is 16.4 Å². The first-order valence-corrected chi connectivity index (χ1v) is 12.9. The summed E-state index contributed by atoms with van der Waals surface area (Å²) < 4.78 is 2.17. The van der Waals surface area contributed by atoms with Gasteiger partial charge in [0.15, 0.2) is 0 Å². The van der Waals surface area contributed by atoms with Crippen molar-refractivity contribution in [2.24, 2.45) is 0 Å². The Morgan fingerprint density at radius 3 is 2.37 bits per heavy atom. The van der Waals surface area contributed by atoms with Gasteiger partial charge in [-0.3, -0.25) is 19.1 Å². The van der Waals surface area contributed by atoms with Gasteiger partial charge in [-0.25, -0.2) is 0 Å². The molecule has 0 aliphatic carbocycles. The van der Waals surface area contributed by atoms with Gasteiger partial charge in [0.1, 0.15) is 21.8 Å². The highest BCUT2D eigenvalue weighted by molar-refractivity contribution is 8.26. The number of pyridine rings is 1. The van der Waals surface area contributed by atoms with Crippen molar-refractivity contribution >= 4 is 46.1 Å². The van der Waals surface area contributed by atoms with E-state index in [0.29, 0.717) is 27.9 Å². The predicted molar refractivity (Wildman–Crippen MR) is 145 cm³/mol. The molecule has 0 atom stereocenters. The number of aryl methyl sites for hydroxylation is 1. The van der Waals surface area contributed by atoms with Crippen LogP contribution in [-0.4, -0.2) is 57.8 Å². The number of hydrogen-bond donors (Lipinski definition) is 0. The molecule has 1 amide bonds. The third-order valence-electron chi connectivity index (χ3n) is 6.58. The van der Waals surface area contributed by atoms with E-state index < -0.39 is 0 Å². The van der Waals surface area contributed by atoms with Crippen LogP contribution in [0, 0.1) is 25.2 Å². The number of hydrogen-bond acceptors (Lipinski definition) is 7. The molecule has 1 aromatic heterocycles. The molecule has 0 saturated carbocycles. The van der Waals surface area contributed by atoms with Gasteiger partial charge in [-0.2, -0.15) is 5.26 Å². The van der Waals surface area contributed by atoms with Gasteiger partial charge in [-0.15, -0.1) is 0 Å². The standard InChI is InChI=1S/C26H29N5O2S2/c1-5-30-23(29-12-10-28(4)11-13-29)20(18(3)21(15-27)24(30)32)14-22-25(33)31(26(34)35-22)16-19-8-6-17(2)7-9-19/h6-9,14H,5,10-13,16H2,1-4H3. The zero-order valence-electron chi connectivity index (χ0n) is 20.5. The molecule has 182 valence electrons. The van der Waals surface area contributed by atoms with E-state index in [-0.39, 0.29) is 17.0 Å². The van der Waals surface area contributed by atoms with Crippen LogP contribution in [0.15, 0.2) is 34.0 Å². The third-order valence-corrected chi connectivity index (χ3v) is 7.95. The Labute approximate surface area is 215 Å². The molecular weight excluding hydrogens is 478 g/mol. The number of carbonyl (C=O) groups is 1. The Kier molecular flexibility index (Phi) is 7.45. The van der Waals surface area contributed by atoms with Gasteiger partial charge in [0.2, 0.25) is 0 Å². The fourth-order valence-corrected chi connectivity index (χ4v) is 5.68. The lowest BCUT2D eigenvalue weighted by Crippen LogP contribution is -2.47. The van der Waals surface area contributed by atoms with Crippen molar-refractivity contribution in [3.63, 3.8) is 0 Å². The highest BCUT2D eigenvalue weighted by Gasteiger charge is 2.33. The SMILES string of the molecule is CCn1c(N2CCN(C)CC2)c(C=C2SC(=S)N(Cc3ccc(C)cc3)C2=O)c(C)c(C#N)c1=O. The van der Waals surface area contributed by atoms with Crippen LogP contribution in [0.3, 0.4) is 0 Å². The van der Waals surface area contributed by atoms with Gasteiger partial charge in [0.25, 0.3) is 11.5 Å². The van der Waals surface area contributed by atoms with Crippen LogP contribution in [0.25, 0.3) is 6.08 Å². The second kappa shape index (κ2) is 10.4. The minimum absolute atomic E-state index is 0.117. The van der Waals surface area contributed by atoms with E-state index >= 15 is 0 Å². The largest absolute Gasteiger partial charge is 0.355 e. The topological polar surface area (TPSA) is 72.6 Å². The maximum absolute atomic E-state index is 13.4. The molecule has 2 aliphatic heterocycles. The van der Waals surface area contributed by atoms with E-state index in [9.17, 15) is 14.9 Å². The van der Waals surface area contributed by atoms with Crippen molar-refractivity contribution in [1.82, 2.24) is 14.4 Å². The molecule has 7 nitrogen and oxygen atoms in total. The number of anilines is 1. The average molecular weight is 508 g/mol. The summed E-state index contributed by atoms with van der Waals surface area (Å²) in [6, 6.07) is 10.1. The summed E-state index contributed by atoms with van der Waals surface area (Å²) in [7, 11) is 2.08. The molecule has 3 heterocycles. The number of benzene rings is 1. The highest BCUT2D eigenvalue weighted by atomic mass is 32.2. The summed E-state index contributed by atoms with van der Waals surface area (Å²) in [6.07, 6.45) is 1.82. The lowest BCUT2D eigenvalue weighted by Gasteiger charge is -2.36. The molecular formula is C26H29N5O2S2. The van der Waals surface area contributed by atoms with Crippen LogP contribution in [0.4, 0.5) is 5.82 Å². The van der Waals surface area contributed by atoms with Crippen molar-refractivity contribution < 1.29 is 4.79 Å². The maximum atomic E-state index is 13.4. The number of carbonyl (C=O) groups excluding carboxylic acids is 1. The number of rotatable bonds is 5. The van der Waals surface area contributed by atoms with Crippen molar-refractivity contribution in [1.29, 1.82) is 5.26 Å². The van der Waals surface area contributed by atoms with Crippen LogP contribution in [0.2, 0.25) is 0 Å². The fraction of sp³-hybridized carbons (Fsp3) is 0.385. The number of aromatic nitrogens is 1. The molecule has 0 spiro atoms. The van der Waals surface area contributed by atoms with Crippen molar-refractivity contribution in [2.45, 2.75) is 33.9 Å². The summed E-state index contributed by atoms with van der Waals surface area (Å²) in [4.78, 5) is 33.1. The molecule has 0 N–H and O–H groups in total. The van der Waals surface area contributed by atoms with Crippen LogP contribution in [-0.2, 0) is 17.9 Å². The van der Waals surface area contributed by atoms with Crippen LogP contribution in [0.1, 0.15) is 34.7 Å². The molecule has 2 aliphatic rings. The monoisotopic (exact) mass is 507 g/mol. The van der Waals surface area contributed by atoms with Gasteiger partial charge in [-0.05, 0) is 45.0 Å². The molecule has 2 aromatic rings.